The maximum Gasteiger partial charge on any atom is 0.296 e. The van der Waals surface area contributed by atoms with Crippen molar-refractivity contribution in [2.45, 2.75) is 46.8 Å². The van der Waals surface area contributed by atoms with Crippen molar-refractivity contribution in [3.8, 4) is 5.75 Å². The number of amides is 1. The van der Waals surface area contributed by atoms with E-state index in [1.54, 1.807) is 12.1 Å². The number of carbonyl (C=O) groups is 2. The summed E-state index contributed by atoms with van der Waals surface area (Å²) in [5.74, 6) is -1.20. The number of carbonyl (C=O) groups excluding carboxylic acids is 2. The number of Topliss-reactive ketones (excluding diaryl/α,β-unsaturated/α-hetero) is 1. The van der Waals surface area contributed by atoms with Crippen LogP contribution in [-0.4, -0.2) is 95.6 Å². The smallest absolute Gasteiger partial charge is 0.296 e. The SMILES string of the molecule is CNS(=O)(=O)c1cccc(OC[C@@H](O)CN[C@H]2COC3(CCN(S(=O)(=O)c4ccc5c(c4)C(=O)C(=O)N5)CC3)C2)c1. The van der Waals surface area contributed by atoms with Crippen LogP contribution in [0.4, 0.5) is 5.69 Å². The summed E-state index contributed by atoms with van der Waals surface area (Å²) in [6.45, 7) is 1.10. The van der Waals surface area contributed by atoms with Crippen LogP contribution in [0.25, 0.3) is 0 Å². The summed E-state index contributed by atoms with van der Waals surface area (Å²) in [4.78, 5) is 23.7. The van der Waals surface area contributed by atoms with Gasteiger partial charge in [0.15, 0.2) is 0 Å². The Morgan fingerprint density at radius 1 is 1.12 bits per heavy atom. The van der Waals surface area contributed by atoms with Crippen molar-refractivity contribution in [2.24, 2.45) is 0 Å². The lowest BCUT2D eigenvalue weighted by Gasteiger charge is -2.38. The van der Waals surface area contributed by atoms with Gasteiger partial charge < -0.3 is 25.2 Å². The number of nitrogens with one attached hydrogen (secondary N) is 3. The number of nitrogens with zero attached hydrogens (tertiary/aromatic N) is 1. The van der Waals surface area contributed by atoms with Crippen molar-refractivity contribution < 1.29 is 41.0 Å². The highest BCUT2D eigenvalue weighted by Gasteiger charge is 2.45. The molecule has 2 aromatic carbocycles. The molecule has 2 aromatic rings. The molecule has 13 nitrogen and oxygen atoms in total. The van der Waals surface area contributed by atoms with E-state index in [1.165, 1.54) is 41.7 Å². The maximum atomic E-state index is 13.3. The van der Waals surface area contributed by atoms with Crippen LogP contribution in [-0.2, 0) is 29.6 Å². The number of benzene rings is 2. The third kappa shape index (κ3) is 6.16. The topological polar surface area (TPSA) is 180 Å². The number of hydrogen-bond donors (Lipinski definition) is 4. The van der Waals surface area contributed by atoms with Crippen molar-refractivity contribution >= 4 is 37.4 Å². The predicted molar refractivity (Wildman–Crippen MR) is 147 cm³/mol. The number of ketones is 1. The Labute approximate surface area is 238 Å². The van der Waals surface area contributed by atoms with Crippen molar-refractivity contribution in [3.05, 3.63) is 48.0 Å². The van der Waals surface area contributed by atoms with Crippen molar-refractivity contribution in [3.63, 3.8) is 0 Å². The van der Waals surface area contributed by atoms with Crippen LogP contribution >= 0.6 is 0 Å². The Morgan fingerprint density at radius 2 is 1.88 bits per heavy atom. The molecular formula is C26H32N4O9S2. The molecule has 15 heteroatoms. The highest BCUT2D eigenvalue weighted by atomic mass is 32.2. The van der Waals surface area contributed by atoms with E-state index in [0.717, 1.165) is 0 Å². The molecule has 0 bridgehead atoms. The van der Waals surface area contributed by atoms with Crippen LogP contribution in [0, 0.1) is 0 Å². The molecule has 1 spiro atoms. The number of rotatable bonds is 10. The quantitative estimate of drug-likeness (QED) is 0.270. The molecule has 41 heavy (non-hydrogen) atoms. The predicted octanol–water partition coefficient (Wildman–Crippen LogP) is 0.0712. The Hall–Kier alpha value is -2.92. The van der Waals surface area contributed by atoms with Crippen molar-refractivity contribution in [2.75, 3.05) is 45.2 Å². The van der Waals surface area contributed by atoms with Crippen LogP contribution in [0.5, 0.6) is 5.75 Å². The van der Waals surface area contributed by atoms with E-state index in [4.69, 9.17) is 9.47 Å². The molecule has 0 aromatic heterocycles. The molecule has 1 amide bonds. The minimum Gasteiger partial charge on any atom is -0.491 e. The summed E-state index contributed by atoms with van der Waals surface area (Å²) >= 11 is 0. The molecule has 0 saturated carbocycles. The number of fused-ring (bicyclic) bond motifs is 1. The first-order chi connectivity index (χ1) is 19.4. The zero-order valence-corrected chi connectivity index (χ0v) is 24.0. The number of ether oxygens (including phenoxy) is 2. The van der Waals surface area contributed by atoms with Gasteiger partial charge in [-0.1, -0.05) is 6.07 Å². The zero-order chi connectivity index (χ0) is 29.4. The Kier molecular flexibility index (Phi) is 8.22. The fourth-order valence-corrected chi connectivity index (χ4v) is 7.53. The first-order valence-corrected chi connectivity index (χ1v) is 16.1. The Morgan fingerprint density at radius 3 is 2.61 bits per heavy atom. The molecular weight excluding hydrogens is 576 g/mol. The molecule has 2 fully saturated rings. The highest BCUT2D eigenvalue weighted by Crippen LogP contribution is 2.38. The zero-order valence-electron chi connectivity index (χ0n) is 22.3. The average molecular weight is 609 g/mol. The number of hydrogen-bond acceptors (Lipinski definition) is 10. The van der Waals surface area contributed by atoms with E-state index in [1.807, 2.05) is 0 Å². The second-order valence-electron chi connectivity index (χ2n) is 10.3. The van der Waals surface area contributed by atoms with Crippen LogP contribution in [0.15, 0.2) is 52.3 Å². The minimum absolute atomic E-state index is 0.0319. The standard InChI is InChI=1S/C26H32N4O9S2/c1-27-40(34,35)20-4-2-3-19(11-20)38-16-18(31)14-28-17-13-26(39-15-17)7-9-30(10-8-26)41(36,37)21-5-6-23-22(12-21)24(32)25(33)29-23/h2-6,11-12,17-18,27-28,31H,7-10,13-16H2,1H3,(H,29,32,33)/t17-,18+/m1/s1. The Balaban J connectivity index is 1.09. The molecule has 2 saturated heterocycles. The molecule has 5 rings (SSSR count). The second-order valence-corrected chi connectivity index (χ2v) is 14.2. The van der Waals surface area contributed by atoms with Gasteiger partial charge in [-0.15, -0.1) is 0 Å². The lowest BCUT2D eigenvalue weighted by molar-refractivity contribution is -0.112. The first-order valence-electron chi connectivity index (χ1n) is 13.1. The molecule has 3 aliphatic rings. The monoisotopic (exact) mass is 608 g/mol. The van der Waals surface area contributed by atoms with E-state index >= 15 is 0 Å². The van der Waals surface area contributed by atoms with Crippen LogP contribution in [0.3, 0.4) is 0 Å². The molecule has 4 N–H and O–H groups in total. The van der Waals surface area contributed by atoms with E-state index < -0.39 is 43.4 Å². The Bertz CT molecular complexity index is 1550. The van der Waals surface area contributed by atoms with Gasteiger partial charge in [-0.05, 0) is 56.6 Å². The van der Waals surface area contributed by atoms with E-state index in [2.05, 4.69) is 15.4 Å². The van der Waals surface area contributed by atoms with Gasteiger partial charge in [-0.2, -0.15) is 4.31 Å². The summed E-state index contributed by atoms with van der Waals surface area (Å²) in [6.07, 6.45) is 0.782. The van der Waals surface area contributed by atoms with Gasteiger partial charge in [-0.25, -0.2) is 21.6 Å². The normalized spacial score (nSPS) is 21.6. The first kappa shape index (κ1) is 29.6. The van der Waals surface area contributed by atoms with Crippen LogP contribution in [0.1, 0.15) is 29.6 Å². The van der Waals surface area contributed by atoms with Gasteiger partial charge in [0, 0.05) is 31.7 Å². The van der Waals surface area contributed by atoms with Crippen LogP contribution < -0.4 is 20.1 Å². The van der Waals surface area contributed by atoms with Gasteiger partial charge >= 0.3 is 0 Å². The third-order valence-electron chi connectivity index (χ3n) is 7.64. The van der Waals surface area contributed by atoms with Gasteiger partial charge in [0.1, 0.15) is 18.5 Å². The molecule has 0 radical (unpaired) electrons. The fraction of sp³-hybridized carbons (Fsp3) is 0.462. The van der Waals surface area contributed by atoms with Crippen molar-refractivity contribution in [1.29, 1.82) is 0 Å². The van der Waals surface area contributed by atoms with Gasteiger partial charge in [0.05, 0.1) is 33.2 Å². The summed E-state index contributed by atoms with van der Waals surface area (Å²) in [6, 6.07) is 10.0. The maximum absolute atomic E-state index is 13.3. The summed E-state index contributed by atoms with van der Waals surface area (Å²) < 4.78 is 65.7. The van der Waals surface area contributed by atoms with Crippen LogP contribution in [0.2, 0.25) is 0 Å². The number of anilines is 1. The number of aliphatic hydroxyl groups is 1. The van der Waals surface area contributed by atoms with Gasteiger partial charge in [0.25, 0.3) is 11.7 Å². The molecule has 0 aliphatic carbocycles. The highest BCUT2D eigenvalue weighted by molar-refractivity contribution is 7.89. The lowest BCUT2D eigenvalue weighted by Crippen LogP contribution is -2.47. The molecule has 3 heterocycles. The summed E-state index contributed by atoms with van der Waals surface area (Å²) in [7, 11) is -6.15. The molecule has 3 aliphatic heterocycles. The van der Waals surface area contributed by atoms with Crippen molar-refractivity contribution in [1.82, 2.24) is 14.3 Å². The lowest BCUT2D eigenvalue weighted by atomic mass is 9.88. The second kappa shape index (κ2) is 11.4. The third-order valence-corrected chi connectivity index (χ3v) is 10.9. The van der Waals surface area contributed by atoms with E-state index in [9.17, 15) is 31.5 Å². The fourth-order valence-electron chi connectivity index (χ4n) is 5.29. The van der Waals surface area contributed by atoms with E-state index in [0.29, 0.717) is 37.3 Å². The number of aliphatic hydroxyl groups excluding tert-OH is 1. The molecule has 2 atom stereocenters. The number of sulfonamides is 2. The van der Waals surface area contributed by atoms with Gasteiger partial charge in [0.2, 0.25) is 20.0 Å². The summed E-state index contributed by atoms with van der Waals surface area (Å²) in [5, 5.41) is 16.1. The number of piperidine rings is 1. The van der Waals surface area contributed by atoms with E-state index in [-0.39, 0.29) is 47.6 Å². The summed E-state index contributed by atoms with van der Waals surface area (Å²) in [5.41, 5.74) is -0.116. The minimum atomic E-state index is -3.86. The largest absolute Gasteiger partial charge is 0.491 e. The average Bonchev–Trinajstić information content (AvgIpc) is 3.50. The molecule has 222 valence electrons. The molecule has 0 unspecified atom stereocenters. The van der Waals surface area contributed by atoms with Gasteiger partial charge in [-0.3, -0.25) is 9.59 Å².